The molecule has 0 radical (unpaired) electrons. The van der Waals surface area contributed by atoms with Crippen LogP contribution >= 0.6 is 0 Å². The van der Waals surface area contributed by atoms with Crippen molar-refractivity contribution in [3.05, 3.63) is 48.0 Å². The third-order valence-corrected chi connectivity index (χ3v) is 6.79. The standard InChI is InChI=1S/C26H37N3O7S/c1-8-22(26(31)27-18(2)3)28(16-19-9-11-20(34-4)12-10-19)25(30)17-29(37(7,32)33)23-15-21(35-5)13-14-24(23)36-6/h9-15,18,22H,8,16-17H2,1-7H3,(H,27,31)/t22-/m1/s1. The average Bonchev–Trinajstić information content (AvgIpc) is 2.85. The van der Waals surface area contributed by atoms with Gasteiger partial charge in [0.25, 0.3) is 0 Å². The molecule has 11 heteroatoms. The summed E-state index contributed by atoms with van der Waals surface area (Å²) < 4.78 is 42.5. The molecule has 0 aliphatic heterocycles. The van der Waals surface area contributed by atoms with E-state index in [0.717, 1.165) is 16.1 Å². The maximum atomic E-state index is 13.8. The second kappa shape index (κ2) is 13.2. The summed E-state index contributed by atoms with van der Waals surface area (Å²) in [7, 11) is 0.497. The lowest BCUT2D eigenvalue weighted by Crippen LogP contribution is -2.53. The van der Waals surface area contributed by atoms with Crippen molar-refractivity contribution >= 4 is 27.5 Å². The summed E-state index contributed by atoms with van der Waals surface area (Å²) in [5.41, 5.74) is 0.914. The maximum absolute atomic E-state index is 13.8. The van der Waals surface area contributed by atoms with Crippen molar-refractivity contribution in [3.8, 4) is 17.2 Å². The largest absolute Gasteiger partial charge is 0.497 e. The summed E-state index contributed by atoms with van der Waals surface area (Å²) >= 11 is 0. The van der Waals surface area contributed by atoms with E-state index in [0.29, 0.717) is 17.9 Å². The number of sulfonamides is 1. The zero-order valence-electron chi connectivity index (χ0n) is 22.5. The molecule has 2 aromatic rings. The number of carbonyl (C=O) groups excluding carboxylic acids is 2. The van der Waals surface area contributed by atoms with Crippen LogP contribution in [0, 0.1) is 0 Å². The molecule has 1 N–H and O–H groups in total. The molecule has 204 valence electrons. The van der Waals surface area contributed by atoms with Gasteiger partial charge in [0.05, 0.1) is 33.3 Å². The molecule has 0 saturated heterocycles. The van der Waals surface area contributed by atoms with Gasteiger partial charge in [0.2, 0.25) is 21.8 Å². The minimum Gasteiger partial charge on any atom is -0.497 e. The van der Waals surface area contributed by atoms with Gasteiger partial charge in [-0.1, -0.05) is 19.1 Å². The minimum absolute atomic E-state index is 0.0969. The number of carbonyl (C=O) groups is 2. The summed E-state index contributed by atoms with van der Waals surface area (Å²) in [6, 6.07) is 10.9. The molecule has 0 fully saturated rings. The Hall–Kier alpha value is -3.47. The zero-order valence-corrected chi connectivity index (χ0v) is 23.3. The van der Waals surface area contributed by atoms with Crippen LogP contribution in [0.15, 0.2) is 42.5 Å². The van der Waals surface area contributed by atoms with E-state index in [4.69, 9.17) is 14.2 Å². The van der Waals surface area contributed by atoms with Crippen molar-refractivity contribution in [2.75, 3.05) is 38.4 Å². The molecule has 0 heterocycles. The summed E-state index contributed by atoms with van der Waals surface area (Å²) in [5, 5.41) is 2.86. The van der Waals surface area contributed by atoms with Gasteiger partial charge in [-0.05, 0) is 50.1 Å². The van der Waals surface area contributed by atoms with Crippen LogP contribution in [0.5, 0.6) is 17.2 Å². The van der Waals surface area contributed by atoms with Crippen LogP contribution < -0.4 is 23.8 Å². The SMILES string of the molecule is CC[C@H](C(=O)NC(C)C)N(Cc1ccc(OC)cc1)C(=O)CN(c1cc(OC)ccc1OC)S(C)(=O)=O. The van der Waals surface area contributed by atoms with E-state index in [9.17, 15) is 18.0 Å². The first-order valence-corrected chi connectivity index (χ1v) is 13.7. The quantitative estimate of drug-likeness (QED) is 0.419. The van der Waals surface area contributed by atoms with Crippen LogP contribution in [0.25, 0.3) is 0 Å². The van der Waals surface area contributed by atoms with Crippen molar-refractivity contribution in [2.24, 2.45) is 0 Å². The average molecular weight is 536 g/mol. The van der Waals surface area contributed by atoms with Crippen LogP contribution in [0.4, 0.5) is 5.69 Å². The number of amides is 2. The highest BCUT2D eigenvalue weighted by atomic mass is 32.2. The van der Waals surface area contributed by atoms with E-state index in [-0.39, 0.29) is 29.9 Å². The van der Waals surface area contributed by atoms with E-state index in [1.807, 2.05) is 13.8 Å². The molecule has 2 amide bonds. The Bertz CT molecular complexity index is 1170. The molecular formula is C26H37N3O7S. The first kappa shape index (κ1) is 29.8. The van der Waals surface area contributed by atoms with E-state index in [1.165, 1.54) is 25.2 Å². The maximum Gasteiger partial charge on any atom is 0.244 e. The third kappa shape index (κ3) is 8.01. The number of hydrogen-bond acceptors (Lipinski definition) is 7. The molecule has 0 aliphatic carbocycles. The van der Waals surface area contributed by atoms with Gasteiger partial charge in [0.1, 0.15) is 29.8 Å². The predicted molar refractivity (Wildman–Crippen MR) is 143 cm³/mol. The van der Waals surface area contributed by atoms with Gasteiger partial charge >= 0.3 is 0 Å². The van der Waals surface area contributed by atoms with Crippen molar-refractivity contribution in [1.82, 2.24) is 10.2 Å². The van der Waals surface area contributed by atoms with Gasteiger partial charge in [-0.2, -0.15) is 0 Å². The molecule has 0 bridgehead atoms. The Morgan fingerprint density at radius 3 is 2.03 bits per heavy atom. The molecular weight excluding hydrogens is 498 g/mol. The van der Waals surface area contributed by atoms with E-state index in [1.54, 1.807) is 50.4 Å². The van der Waals surface area contributed by atoms with Crippen molar-refractivity contribution < 1.29 is 32.2 Å². The lowest BCUT2D eigenvalue weighted by molar-refractivity contribution is -0.140. The molecule has 0 saturated carbocycles. The fraction of sp³-hybridized carbons (Fsp3) is 0.462. The monoisotopic (exact) mass is 535 g/mol. The lowest BCUT2D eigenvalue weighted by Gasteiger charge is -2.33. The second-order valence-electron chi connectivity index (χ2n) is 8.76. The molecule has 2 rings (SSSR count). The summed E-state index contributed by atoms with van der Waals surface area (Å²) in [5.74, 6) is 0.445. The number of benzene rings is 2. The Labute approximate surface area is 219 Å². The van der Waals surface area contributed by atoms with Crippen molar-refractivity contribution in [3.63, 3.8) is 0 Å². The molecule has 37 heavy (non-hydrogen) atoms. The van der Waals surface area contributed by atoms with Crippen LogP contribution in [0.3, 0.4) is 0 Å². The number of anilines is 1. The first-order chi connectivity index (χ1) is 17.4. The molecule has 2 aromatic carbocycles. The number of hydrogen-bond donors (Lipinski definition) is 1. The molecule has 0 spiro atoms. The van der Waals surface area contributed by atoms with Crippen molar-refractivity contribution in [2.45, 2.75) is 45.8 Å². The van der Waals surface area contributed by atoms with E-state index in [2.05, 4.69) is 5.32 Å². The fourth-order valence-electron chi connectivity index (χ4n) is 3.81. The number of nitrogens with zero attached hydrogens (tertiary/aromatic N) is 2. The van der Waals surface area contributed by atoms with E-state index < -0.39 is 28.5 Å². The molecule has 10 nitrogen and oxygen atoms in total. The molecule has 1 atom stereocenters. The number of nitrogens with one attached hydrogen (secondary N) is 1. The van der Waals surface area contributed by atoms with Crippen LogP contribution in [-0.4, -0.2) is 71.3 Å². The molecule has 0 aromatic heterocycles. The van der Waals surface area contributed by atoms with Crippen LogP contribution in [-0.2, 0) is 26.2 Å². The zero-order chi connectivity index (χ0) is 27.8. The van der Waals surface area contributed by atoms with Gasteiger partial charge < -0.3 is 24.4 Å². The van der Waals surface area contributed by atoms with Gasteiger partial charge in [-0.25, -0.2) is 8.42 Å². The van der Waals surface area contributed by atoms with Crippen LogP contribution in [0.2, 0.25) is 0 Å². The summed E-state index contributed by atoms with van der Waals surface area (Å²) in [6.45, 7) is 5.03. The Balaban J connectivity index is 2.52. The second-order valence-corrected chi connectivity index (χ2v) is 10.7. The van der Waals surface area contributed by atoms with Gasteiger partial charge in [-0.15, -0.1) is 0 Å². The predicted octanol–water partition coefficient (Wildman–Crippen LogP) is 2.81. The van der Waals surface area contributed by atoms with Gasteiger partial charge in [0, 0.05) is 18.7 Å². The first-order valence-electron chi connectivity index (χ1n) is 11.9. The van der Waals surface area contributed by atoms with Crippen LogP contribution in [0.1, 0.15) is 32.8 Å². The topological polar surface area (TPSA) is 114 Å². The van der Waals surface area contributed by atoms with E-state index >= 15 is 0 Å². The van der Waals surface area contributed by atoms with Gasteiger partial charge in [0.15, 0.2) is 0 Å². The Morgan fingerprint density at radius 2 is 1.54 bits per heavy atom. The molecule has 0 aliphatic rings. The number of ether oxygens (including phenoxy) is 3. The highest BCUT2D eigenvalue weighted by Crippen LogP contribution is 2.34. The summed E-state index contributed by atoms with van der Waals surface area (Å²) in [4.78, 5) is 28.3. The van der Waals surface area contributed by atoms with Gasteiger partial charge in [-0.3, -0.25) is 13.9 Å². The Kier molecular flexibility index (Phi) is 10.6. The Morgan fingerprint density at radius 1 is 0.946 bits per heavy atom. The normalized spacial score (nSPS) is 12.0. The highest BCUT2D eigenvalue weighted by molar-refractivity contribution is 7.92. The smallest absolute Gasteiger partial charge is 0.244 e. The third-order valence-electron chi connectivity index (χ3n) is 5.66. The summed E-state index contributed by atoms with van der Waals surface area (Å²) in [6.07, 6.45) is 1.34. The molecule has 0 unspecified atom stereocenters. The number of methoxy groups -OCH3 is 3. The van der Waals surface area contributed by atoms with Crippen molar-refractivity contribution in [1.29, 1.82) is 0 Å². The number of rotatable bonds is 13. The fourth-order valence-corrected chi connectivity index (χ4v) is 4.66. The minimum atomic E-state index is -3.92. The lowest BCUT2D eigenvalue weighted by atomic mass is 10.1. The highest BCUT2D eigenvalue weighted by Gasteiger charge is 2.33.